The van der Waals surface area contributed by atoms with Crippen LogP contribution in [0.4, 0.5) is 5.82 Å². The van der Waals surface area contributed by atoms with E-state index in [2.05, 4.69) is 27.4 Å². The van der Waals surface area contributed by atoms with Crippen LogP contribution in [0.5, 0.6) is 0 Å². The van der Waals surface area contributed by atoms with Crippen LogP contribution in [0, 0.1) is 0 Å². The average molecular weight is 338 g/mol. The molecular formula is C17H18N6S. The molecule has 0 saturated carbocycles. The summed E-state index contributed by atoms with van der Waals surface area (Å²) >= 11 is 1.58. The molecule has 0 aliphatic rings. The second-order valence-electron chi connectivity index (χ2n) is 5.85. The van der Waals surface area contributed by atoms with Crippen molar-refractivity contribution in [1.29, 1.82) is 0 Å². The predicted molar refractivity (Wildman–Crippen MR) is 99.3 cm³/mol. The standard InChI is InChI=1S/C17H18N6S/c1-9(18)10-5-4-6-11(7-10)16-21-13-14-12(20-8-23(14)3)15(19-2)22-17(13)24-16/h4-9H,18H2,1-3H3,(H,19,22)/t9-/m1/s1. The van der Waals surface area contributed by atoms with E-state index in [0.29, 0.717) is 0 Å². The van der Waals surface area contributed by atoms with Gasteiger partial charge in [0.25, 0.3) is 0 Å². The van der Waals surface area contributed by atoms with Crippen molar-refractivity contribution >= 4 is 38.5 Å². The molecule has 0 saturated heterocycles. The number of hydrogen-bond acceptors (Lipinski definition) is 6. The number of pyridine rings is 1. The Morgan fingerprint density at radius 2 is 2.08 bits per heavy atom. The molecule has 122 valence electrons. The number of aryl methyl sites for hydroxylation is 1. The largest absolute Gasteiger partial charge is 0.371 e. The summed E-state index contributed by atoms with van der Waals surface area (Å²) in [5, 5.41) is 4.06. The molecule has 24 heavy (non-hydrogen) atoms. The number of imidazole rings is 1. The van der Waals surface area contributed by atoms with Crippen LogP contribution in [0.15, 0.2) is 30.6 Å². The highest BCUT2D eigenvalue weighted by atomic mass is 32.1. The van der Waals surface area contributed by atoms with Crippen molar-refractivity contribution in [3.05, 3.63) is 36.2 Å². The summed E-state index contributed by atoms with van der Waals surface area (Å²) in [5.74, 6) is 0.776. The van der Waals surface area contributed by atoms with Gasteiger partial charge >= 0.3 is 0 Å². The van der Waals surface area contributed by atoms with Crippen molar-refractivity contribution in [2.24, 2.45) is 12.8 Å². The predicted octanol–water partition coefficient (Wildman–Crippen LogP) is 3.31. The third-order valence-electron chi connectivity index (χ3n) is 4.10. The summed E-state index contributed by atoms with van der Waals surface area (Å²) in [6.07, 6.45) is 1.79. The van der Waals surface area contributed by atoms with Crippen molar-refractivity contribution in [3.8, 4) is 10.6 Å². The lowest BCUT2D eigenvalue weighted by atomic mass is 10.1. The van der Waals surface area contributed by atoms with Gasteiger partial charge in [0.05, 0.1) is 6.33 Å². The van der Waals surface area contributed by atoms with Crippen molar-refractivity contribution in [2.45, 2.75) is 13.0 Å². The van der Waals surface area contributed by atoms with E-state index in [-0.39, 0.29) is 6.04 Å². The number of fused-ring (bicyclic) bond motifs is 3. The van der Waals surface area contributed by atoms with Gasteiger partial charge in [-0.3, -0.25) is 0 Å². The first kappa shape index (κ1) is 15.0. The fourth-order valence-electron chi connectivity index (χ4n) is 2.83. The molecule has 0 amide bonds. The minimum atomic E-state index is -0.00266. The van der Waals surface area contributed by atoms with Crippen LogP contribution in [-0.2, 0) is 7.05 Å². The van der Waals surface area contributed by atoms with Crippen molar-refractivity contribution in [2.75, 3.05) is 12.4 Å². The first-order chi connectivity index (χ1) is 11.6. The van der Waals surface area contributed by atoms with Gasteiger partial charge < -0.3 is 15.6 Å². The molecule has 3 heterocycles. The van der Waals surface area contributed by atoms with Gasteiger partial charge in [0.15, 0.2) is 5.82 Å². The van der Waals surface area contributed by atoms with E-state index in [4.69, 9.17) is 10.7 Å². The zero-order chi connectivity index (χ0) is 16.8. The minimum Gasteiger partial charge on any atom is -0.371 e. The Kier molecular flexibility index (Phi) is 3.47. The summed E-state index contributed by atoms with van der Waals surface area (Å²) in [6.45, 7) is 1.98. The van der Waals surface area contributed by atoms with Gasteiger partial charge in [0, 0.05) is 25.7 Å². The van der Waals surface area contributed by atoms with E-state index in [1.807, 2.05) is 37.7 Å². The van der Waals surface area contributed by atoms with Crippen LogP contribution in [0.25, 0.3) is 32.0 Å². The van der Waals surface area contributed by atoms with Crippen LogP contribution < -0.4 is 11.1 Å². The van der Waals surface area contributed by atoms with Crippen molar-refractivity contribution < 1.29 is 0 Å². The van der Waals surface area contributed by atoms with Crippen LogP contribution in [-0.4, -0.2) is 26.6 Å². The maximum absolute atomic E-state index is 6.00. The fraction of sp³-hybridized carbons (Fsp3) is 0.235. The smallest absolute Gasteiger partial charge is 0.155 e. The summed E-state index contributed by atoms with van der Waals surface area (Å²) in [7, 11) is 3.83. The first-order valence-corrected chi connectivity index (χ1v) is 8.55. The second kappa shape index (κ2) is 5.54. The molecule has 1 atom stereocenters. The Balaban J connectivity index is 1.97. The molecule has 0 bridgehead atoms. The number of rotatable bonds is 3. The zero-order valence-electron chi connectivity index (χ0n) is 13.7. The van der Waals surface area contributed by atoms with Gasteiger partial charge in [0.2, 0.25) is 0 Å². The van der Waals surface area contributed by atoms with E-state index in [1.54, 1.807) is 17.7 Å². The Hall–Kier alpha value is -2.51. The monoisotopic (exact) mass is 338 g/mol. The molecule has 6 nitrogen and oxygen atoms in total. The molecule has 4 aromatic rings. The Bertz CT molecular complexity index is 1050. The second-order valence-corrected chi connectivity index (χ2v) is 6.83. The van der Waals surface area contributed by atoms with Gasteiger partial charge in [-0.05, 0) is 18.6 Å². The SMILES string of the molecule is CNc1nc2sc(-c3cccc([C@@H](C)N)c3)nc2c2c1ncn2C. The molecule has 0 fully saturated rings. The topological polar surface area (TPSA) is 81.7 Å². The molecule has 3 aromatic heterocycles. The van der Waals surface area contributed by atoms with Crippen LogP contribution >= 0.6 is 11.3 Å². The lowest BCUT2D eigenvalue weighted by Crippen LogP contribution is -2.04. The van der Waals surface area contributed by atoms with Crippen LogP contribution in [0.1, 0.15) is 18.5 Å². The van der Waals surface area contributed by atoms with E-state index < -0.39 is 0 Å². The van der Waals surface area contributed by atoms with E-state index in [0.717, 1.165) is 43.3 Å². The highest BCUT2D eigenvalue weighted by Crippen LogP contribution is 2.35. The lowest BCUT2D eigenvalue weighted by molar-refractivity contribution is 0.819. The number of aromatic nitrogens is 4. The number of anilines is 1. The third kappa shape index (κ3) is 2.24. The first-order valence-electron chi connectivity index (χ1n) is 7.73. The van der Waals surface area contributed by atoms with Gasteiger partial charge in [-0.15, -0.1) is 0 Å². The summed E-state index contributed by atoms with van der Waals surface area (Å²) in [6, 6.07) is 8.21. The highest BCUT2D eigenvalue weighted by molar-refractivity contribution is 7.21. The third-order valence-corrected chi connectivity index (χ3v) is 5.10. The van der Waals surface area contributed by atoms with E-state index in [9.17, 15) is 0 Å². The molecule has 3 N–H and O–H groups in total. The summed E-state index contributed by atoms with van der Waals surface area (Å²) < 4.78 is 1.99. The quantitative estimate of drug-likeness (QED) is 0.599. The maximum atomic E-state index is 6.00. The maximum Gasteiger partial charge on any atom is 0.155 e. The molecule has 1 aromatic carbocycles. The van der Waals surface area contributed by atoms with Crippen molar-refractivity contribution in [1.82, 2.24) is 19.5 Å². The summed E-state index contributed by atoms with van der Waals surface area (Å²) in [4.78, 5) is 14.9. The average Bonchev–Trinajstić information content (AvgIpc) is 3.17. The number of nitrogens with zero attached hydrogens (tertiary/aromatic N) is 4. The van der Waals surface area contributed by atoms with Crippen LogP contribution in [0.2, 0.25) is 0 Å². The van der Waals surface area contributed by atoms with Gasteiger partial charge in [-0.1, -0.05) is 29.5 Å². The number of nitrogens with one attached hydrogen (secondary N) is 1. The number of hydrogen-bond donors (Lipinski definition) is 2. The molecule has 0 radical (unpaired) electrons. The number of thiazole rings is 1. The molecule has 0 aliphatic carbocycles. The molecule has 4 rings (SSSR count). The molecule has 0 spiro atoms. The molecule has 0 unspecified atom stereocenters. The molecule has 0 aliphatic heterocycles. The zero-order valence-corrected chi connectivity index (χ0v) is 14.6. The van der Waals surface area contributed by atoms with E-state index in [1.165, 1.54) is 0 Å². The van der Waals surface area contributed by atoms with Gasteiger partial charge in [0.1, 0.15) is 26.4 Å². The number of nitrogens with two attached hydrogens (primary N) is 1. The summed E-state index contributed by atoms with van der Waals surface area (Å²) in [5.41, 5.74) is 10.9. The number of benzene rings is 1. The Morgan fingerprint density at radius 1 is 1.25 bits per heavy atom. The minimum absolute atomic E-state index is 0.00266. The molecule has 7 heteroatoms. The van der Waals surface area contributed by atoms with Crippen LogP contribution in [0.3, 0.4) is 0 Å². The Morgan fingerprint density at radius 3 is 2.83 bits per heavy atom. The van der Waals surface area contributed by atoms with Gasteiger partial charge in [-0.25, -0.2) is 15.0 Å². The van der Waals surface area contributed by atoms with Crippen molar-refractivity contribution in [3.63, 3.8) is 0 Å². The van der Waals surface area contributed by atoms with E-state index >= 15 is 0 Å². The fourth-order valence-corrected chi connectivity index (χ4v) is 3.77. The Labute approximate surface area is 143 Å². The highest BCUT2D eigenvalue weighted by Gasteiger charge is 2.17. The lowest BCUT2D eigenvalue weighted by Gasteiger charge is -2.06. The van der Waals surface area contributed by atoms with Gasteiger partial charge in [-0.2, -0.15) is 0 Å². The normalized spacial score (nSPS) is 12.8. The molecular weight excluding hydrogens is 320 g/mol.